The number of nitrogens with two attached hydrogens (primary N) is 1. The molecule has 0 unspecified atom stereocenters. The van der Waals surface area contributed by atoms with Crippen LogP contribution in [-0.2, 0) is 6.18 Å². The molecule has 2 aromatic rings. The largest absolute Gasteiger partial charge is 0.457 e. The van der Waals surface area contributed by atoms with Gasteiger partial charge in [0.1, 0.15) is 22.6 Å². The van der Waals surface area contributed by atoms with Crippen molar-refractivity contribution in [2.45, 2.75) is 6.18 Å². The van der Waals surface area contributed by atoms with Crippen LogP contribution in [-0.4, -0.2) is 4.99 Å². The van der Waals surface area contributed by atoms with Crippen molar-refractivity contribution in [2.24, 2.45) is 5.73 Å². The maximum atomic E-state index is 13.0. The molecule has 1 aromatic carbocycles. The first-order valence-corrected chi connectivity index (χ1v) is 6.42. The summed E-state index contributed by atoms with van der Waals surface area (Å²) in [6, 6.07) is 9.70. The van der Waals surface area contributed by atoms with Gasteiger partial charge in [-0.3, -0.25) is 0 Å². The zero-order valence-electron chi connectivity index (χ0n) is 11.0. The Hall–Kier alpha value is -2.59. The van der Waals surface area contributed by atoms with E-state index in [0.717, 1.165) is 6.07 Å². The third-order valence-electron chi connectivity index (χ3n) is 2.80. The Morgan fingerprint density at radius 3 is 2.50 bits per heavy atom. The van der Waals surface area contributed by atoms with Crippen LogP contribution >= 0.6 is 12.2 Å². The van der Waals surface area contributed by atoms with Crippen molar-refractivity contribution in [3.8, 4) is 17.4 Å². The topological polar surface area (TPSA) is 63.0 Å². The number of nitrogens with zero attached hydrogens (tertiary/aromatic N) is 1. The predicted octanol–water partition coefficient (Wildman–Crippen LogP) is 4.16. The van der Waals surface area contributed by atoms with Crippen molar-refractivity contribution in [3.63, 3.8) is 0 Å². The van der Waals surface area contributed by atoms with E-state index >= 15 is 0 Å². The number of rotatable bonds is 3. The highest BCUT2D eigenvalue weighted by Gasteiger charge is 2.34. The second kappa shape index (κ2) is 6.03. The number of hydrogen-bond acceptors (Lipinski definition) is 3. The summed E-state index contributed by atoms with van der Waals surface area (Å²) in [6.07, 6.45) is -3.21. The van der Waals surface area contributed by atoms with Gasteiger partial charge in [-0.25, -0.2) is 0 Å². The third kappa shape index (κ3) is 3.35. The van der Waals surface area contributed by atoms with Crippen molar-refractivity contribution in [1.29, 1.82) is 5.26 Å². The van der Waals surface area contributed by atoms with Crippen LogP contribution in [0.4, 0.5) is 13.2 Å². The normalized spacial score (nSPS) is 12.0. The van der Waals surface area contributed by atoms with Crippen LogP contribution in [0.1, 0.15) is 11.3 Å². The number of hydrogen-bond donors (Lipinski definition) is 1. The molecule has 0 spiro atoms. The summed E-state index contributed by atoms with van der Waals surface area (Å²) in [5.74, 6) is 0.232. The van der Waals surface area contributed by atoms with Gasteiger partial charge in [-0.1, -0.05) is 30.4 Å². The second-order valence-electron chi connectivity index (χ2n) is 4.28. The fraction of sp³-hybridized carbons (Fsp3) is 0.0667. The van der Waals surface area contributed by atoms with E-state index in [-0.39, 0.29) is 27.6 Å². The summed E-state index contributed by atoms with van der Waals surface area (Å²) < 4.78 is 44.3. The average molecular weight is 322 g/mol. The summed E-state index contributed by atoms with van der Waals surface area (Å²) >= 11 is 4.68. The Morgan fingerprint density at radius 1 is 1.23 bits per heavy atom. The lowest BCUT2D eigenvalue weighted by molar-refractivity contribution is -0.137. The molecule has 0 radical (unpaired) electrons. The summed E-state index contributed by atoms with van der Waals surface area (Å²) in [6.45, 7) is 0. The minimum atomic E-state index is -4.49. The first-order valence-electron chi connectivity index (χ1n) is 6.01. The quantitative estimate of drug-likeness (QED) is 0.523. The van der Waals surface area contributed by atoms with Crippen LogP contribution in [0.5, 0.6) is 0 Å². The highest BCUT2D eigenvalue weighted by atomic mass is 32.1. The van der Waals surface area contributed by atoms with Crippen molar-refractivity contribution in [3.05, 3.63) is 53.3 Å². The van der Waals surface area contributed by atoms with Crippen LogP contribution in [0.2, 0.25) is 0 Å². The van der Waals surface area contributed by atoms with E-state index in [0.29, 0.717) is 0 Å². The van der Waals surface area contributed by atoms with Crippen LogP contribution in [0, 0.1) is 11.3 Å². The van der Waals surface area contributed by atoms with Gasteiger partial charge in [0.05, 0.1) is 11.1 Å². The molecule has 0 bridgehead atoms. The van der Waals surface area contributed by atoms with Crippen LogP contribution in [0.25, 0.3) is 17.4 Å². The minimum Gasteiger partial charge on any atom is -0.457 e. The van der Waals surface area contributed by atoms with Gasteiger partial charge >= 0.3 is 6.18 Å². The Morgan fingerprint density at radius 2 is 1.91 bits per heavy atom. The molecule has 2 N–H and O–H groups in total. The van der Waals surface area contributed by atoms with Crippen molar-refractivity contribution in [1.82, 2.24) is 0 Å². The Balaban J connectivity index is 2.47. The molecular formula is C15H9F3N2OS. The Labute approximate surface area is 129 Å². The minimum absolute atomic E-state index is 0.0139. The number of thiocarbonyl (C=S) groups is 1. The van der Waals surface area contributed by atoms with Crippen LogP contribution in [0.3, 0.4) is 0 Å². The van der Waals surface area contributed by atoms with Gasteiger partial charge in [0, 0.05) is 11.6 Å². The molecule has 0 atom stereocenters. The molecule has 0 aliphatic carbocycles. The van der Waals surface area contributed by atoms with Gasteiger partial charge in [-0.05, 0) is 18.2 Å². The molecule has 0 fully saturated rings. The molecular weight excluding hydrogens is 313 g/mol. The third-order valence-corrected chi connectivity index (χ3v) is 3.02. The summed E-state index contributed by atoms with van der Waals surface area (Å²) in [5, 5.41) is 8.86. The highest BCUT2D eigenvalue weighted by molar-refractivity contribution is 7.80. The summed E-state index contributed by atoms with van der Waals surface area (Å²) in [4.78, 5) is -0.115. The summed E-state index contributed by atoms with van der Waals surface area (Å²) in [5.41, 5.74) is 4.48. The fourth-order valence-corrected chi connectivity index (χ4v) is 1.93. The highest BCUT2D eigenvalue weighted by Crippen LogP contribution is 2.37. The lowest BCUT2D eigenvalue weighted by Gasteiger charge is -2.10. The van der Waals surface area contributed by atoms with Gasteiger partial charge in [-0.2, -0.15) is 18.4 Å². The molecule has 0 saturated carbocycles. The van der Waals surface area contributed by atoms with Gasteiger partial charge in [0.2, 0.25) is 0 Å². The van der Waals surface area contributed by atoms with Gasteiger partial charge in [-0.15, -0.1) is 0 Å². The molecule has 0 saturated heterocycles. The molecule has 22 heavy (non-hydrogen) atoms. The molecule has 1 aromatic heterocycles. The Kier molecular flexibility index (Phi) is 4.33. The zero-order chi connectivity index (χ0) is 16.3. The molecule has 0 aliphatic heterocycles. The molecule has 7 heteroatoms. The lowest BCUT2D eigenvalue weighted by Crippen LogP contribution is -2.09. The van der Waals surface area contributed by atoms with Crippen molar-refractivity contribution >= 4 is 23.3 Å². The number of furan rings is 1. The second-order valence-corrected chi connectivity index (χ2v) is 4.72. The smallest absolute Gasteiger partial charge is 0.417 e. The van der Waals surface area contributed by atoms with Gasteiger partial charge in [0.25, 0.3) is 0 Å². The molecule has 0 amide bonds. The SMILES string of the molecule is N#C/C(=C\c1ccc(-c2ccccc2C(F)(F)F)o1)C(N)=S. The van der Waals surface area contributed by atoms with Gasteiger partial charge < -0.3 is 10.2 Å². The zero-order valence-corrected chi connectivity index (χ0v) is 11.8. The molecule has 3 nitrogen and oxygen atoms in total. The van der Waals surface area contributed by atoms with E-state index in [9.17, 15) is 13.2 Å². The first-order chi connectivity index (χ1) is 10.3. The molecule has 0 aliphatic rings. The van der Waals surface area contributed by atoms with E-state index in [1.807, 2.05) is 0 Å². The molecule has 112 valence electrons. The van der Waals surface area contributed by atoms with E-state index in [4.69, 9.17) is 15.4 Å². The summed E-state index contributed by atoms with van der Waals surface area (Å²) in [7, 11) is 0. The van der Waals surface area contributed by atoms with E-state index in [1.54, 1.807) is 6.07 Å². The number of nitriles is 1. The molecule has 2 rings (SSSR count). The van der Waals surface area contributed by atoms with Crippen molar-refractivity contribution < 1.29 is 17.6 Å². The first kappa shape index (κ1) is 15.8. The van der Waals surface area contributed by atoms with E-state index < -0.39 is 11.7 Å². The predicted molar refractivity (Wildman–Crippen MR) is 79.5 cm³/mol. The maximum absolute atomic E-state index is 13.0. The number of alkyl halides is 3. The average Bonchev–Trinajstić information content (AvgIpc) is 2.92. The van der Waals surface area contributed by atoms with Gasteiger partial charge in [0.15, 0.2) is 0 Å². The number of benzene rings is 1. The number of halogens is 3. The van der Waals surface area contributed by atoms with Crippen LogP contribution in [0.15, 0.2) is 46.4 Å². The fourth-order valence-electron chi connectivity index (χ4n) is 1.82. The van der Waals surface area contributed by atoms with Crippen molar-refractivity contribution in [2.75, 3.05) is 0 Å². The monoisotopic (exact) mass is 322 g/mol. The lowest BCUT2D eigenvalue weighted by atomic mass is 10.1. The Bertz CT molecular complexity index is 785. The van der Waals surface area contributed by atoms with E-state index in [2.05, 4.69) is 12.2 Å². The standard InChI is InChI=1S/C15H9F3N2OS/c16-15(17,18)12-4-2-1-3-11(12)13-6-5-10(21-13)7-9(8-19)14(20)22/h1-7H,(H2,20,22)/b9-7+. The van der Waals surface area contributed by atoms with E-state index in [1.165, 1.54) is 36.4 Å². The van der Waals surface area contributed by atoms with Crippen LogP contribution < -0.4 is 5.73 Å². The molecule has 1 heterocycles. The maximum Gasteiger partial charge on any atom is 0.417 e.